The summed E-state index contributed by atoms with van der Waals surface area (Å²) in [6.07, 6.45) is -1.63. The third kappa shape index (κ3) is 5.54. The molecule has 2 N–H and O–H groups in total. The van der Waals surface area contributed by atoms with Crippen LogP contribution < -0.4 is 10.6 Å². The molecule has 8 nitrogen and oxygen atoms in total. The predicted molar refractivity (Wildman–Crippen MR) is 153 cm³/mol. The van der Waals surface area contributed by atoms with Crippen molar-refractivity contribution in [1.29, 1.82) is 0 Å². The van der Waals surface area contributed by atoms with Crippen LogP contribution >= 0.6 is 11.3 Å². The van der Waals surface area contributed by atoms with Crippen LogP contribution in [-0.4, -0.2) is 35.9 Å². The molecule has 3 heterocycles. The van der Waals surface area contributed by atoms with Gasteiger partial charge in [0.2, 0.25) is 0 Å². The van der Waals surface area contributed by atoms with Crippen molar-refractivity contribution in [2.75, 3.05) is 18.1 Å². The number of pyridine rings is 1. The number of anilines is 1. The second-order valence-electron chi connectivity index (χ2n) is 9.90. The van der Waals surface area contributed by atoms with Crippen molar-refractivity contribution in [2.45, 2.75) is 38.3 Å². The van der Waals surface area contributed by atoms with Gasteiger partial charge in [0.1, 0.15) is 11.7 Å². The van der Waals surface area contributed by atoms with E-state index in [1.165, 1.54) is 40.8 Å². The van der Waals surface area contributed by atoms with Gasteiger partial charge >= 0.3 is 18.1 Å². The number of Topliss-reactive ketones (excluding diaryl/α,β-unsaturated/α-hetero) is 1. The van der Waals surface area contributed by atoms with Crippen molar-refractivity contribution in [3.05, 3.63) is 105 Å². The molecule has 1 aliphatic carbocycles. The fourth-order valence-corrected chi connectivity index (χ4v) is 6.57. The van der Waals surface area contributed by atoms with Gasteiger partial charge < -0.3 is 15.2 Å². The van der Waals surface area contributed by atoms with Crippen molar-refractivity contribution in [3.8, 4) is 0 Å². The molecule has 2 aliphatic rings. The molecule has 1 aromatic carbocycles. The molecule has 0 amide bonds. The van der Waals surface area contributed by atoms with Crippen molar-refractivity contribution in [2.24, 2.45) is 11.7 Å². The molecule has 0 fully saturated rings. The van der Waals surface area contributed by atoms with E-state index < -0.39 is 47.2 Å². The molecule has 0 unspecified atom stereocenters. The lowest BCUT2D eigenvalue weighted by atomic mass is 9.68. The molecule has 0 saturated carbocycles. The van der Waals surface area contributed by atoms with Gasteiger partial charge in [0.15, 0.2) is 5.78 Å². The monoisotopic (exact) mass is 611 g/mol. The second kappa shape index (κ2) is 12.0. The Morgan fingerprint density at radius 3 is 2.49 bits per heavy atom. The van der Waals surface area contributed by atoms with Gasteiger partial charge in [-0.3, -0.25) is 19.5 Å². The number of halogens is 3. The zero-order valence-electron chi connectivity index (χ0n) is 23.3. The van der Waals surface area contributed by atoms with Crippen LogP contribution in [0.4, 0.5) is 18.9 Å². The van der Waals surface area contributed by atoms with E-state index in [-0.39, 0.29) is 48.0 Å². The number of nitrogens with two attached hydrogens (primary N) is 1. The normalized spacial score (nSPS) is 20.6. The fourth-order valence-electron chi connectivity index (χ4n) is 5.71. The van der Waals surface area contributed by atoms with E-state index in [9.17, 15) is 27.6 Å². The smallest absolute Gasteiger partial charge is 0.416 e. The van der Waals surface area contributed by atoms with Gasteiger partial charge in [-0.15, -0.1) is 11.3 Å². The lowest BCUT2D eigenvalue weighted by Crippen LogP contribution is -2.46. The van der Waals surface area contributed by atoms with Gasteiger partial charge in [-0.05, 0) is 61.5 Å². The van der Waals surface area contributed by atoms with Crippen LogP contribution in [0.15, 0.2) is 89.0 Å². The number of ether oxygens (including phenoxy) is 2. The van der Waals surface area contributed by atoms with Crippen molar-refractivity contribution >= 4 is 34.7 Å². The highest BCUT2D eigenvalue weighted by atomic mass is 32.1. The summed E-state index contributed by atoms with van der Waals surface area (Å²) >= 11 is 1.35. The fraction of sp³-hybridized carbons (Fsp3) is 0.290. The quantitative estimate of drug-likeness (QED) is 0.268. The zero-order valence-corrected chi connectivity index (χ0v) is 24.1. The van der Waals surface area contributed by atoms with Gasteiger partial charge in [-0.1, -0.05) is 18.2 Å². The number of nitrogens with zero attached hydrogens (tertiary/aromatic N) is 2. The lowest BCUT2D eigenvalue weighted by Gasteiger charge is -2.43. The third-order valence-electron chi connectivity index (χ3n) is 7.43. The van der Waals surface area contributed by atoms with E-state index in [1.54, 1.807) is 38.1 Å². The molecule has 224 valence electrons. The highest BCUT2D eigenvalue weighted by Gasteiger charge is 2.51. The summed E-state index contributed by atoms with van der Waals surface area (Å²) in [6, 6.07) is 11.3. The molecule has 43 heavy (non-hydrogen) atoms. The van der Waals surface area contributed by atoms with Crippen molar-refractivity contribution in [3.63, 3.8) is 0 Å². The number of hydrogen-bond donors (Lipinski definition) is 1. The number of allylic oxidation sites excluding steroid dienone is 2. The first-order valence-corrected chi connectivity index (χ1v) is 14.5. The number of ketones is 1. The molecule has 0 spiro atoms. The SMILES string of the molecule is CCOC(=O)C1=C(N)N(c2cccc(C(F)(F)F)c2)C2=C(C(=O)[C@H](C(=O)OCC)[C@H](c3cccs3)C2)[C@H]1c1cccnc1. The third-order valence-corrected chi connectivity index (χ3v) is 8.44. The van der Waals surface area contributed by atoms with Crippen LogP contribution in [0, 0.1) is 5.92 Å². The molecule has 2 aromatic heterocycles. The van der Waals surface area contributed by atoms with Gasteiger partial charge in [-0.2, -0.15) is 13.2 Å². The largest absolute Gasteiger partial charge is 0.465 e. The van der Waals surface area contributed by atoms with Crippen molar-refractivity contribution < 1.29 is 37.0 Å². The second-order valence-corrected chi connectivity index (χ2v) is 10.9. The van der Waals surface area contributed by atoms with Crippen molar-refractivity contribution in [1.82, 2.24) is 4.98 Å². The minimum Gasteiger partial charge on any atom is -0.465 e. The van der Waals surface area contributed by atoms with Crippen LogP contribution in [0.5, 0.6) is 0 Å². The Kier molecular flexibility index (Phi) is 8.41. The number of carbonyl (C=O) groups excluding carboxylic acids is 3. The summed E-state index contributed by atoms with van der Waals surface area (Å²) in [5.74, 6) is -5.42. The summed E-state index contributed by atoms with van der Waals surface area (Å²) in [7, 11) is 0. The van der Waals surface area contributed by atoms with E-state index in [1.807, 2.05) is 5.38 Å². The average Bonchev–Trinajstić information content (AvgIpc) is 3.52. The zero-order chi connectivity index (χ0) is 30.9. The minimum atomic E-state index is -4.67. The maximum absolute atomic E-state index is 14.6. The van der Waals surface area contributed by atoms with Gasteiger partial charge in [0.05, 0.1) is 30.3 Å². The predicted octanol–water partition coefficient (Wildman–Crippen LogP) is 5.69. The van der Waals surface area contributed by atoms with Gasteiger partial charge in [0.25, 0.3) is 0 Å². The van der Waals surface area contributed by atoms with Gasteiger partial charge in [0, 0.05) is 40.1 Å². The first kappa shape index (κ1) is 30.0. The maximum atomic E-state index is 14.6. The molecule has 3 aromatic rings. The van der Waals surface area contributed by atoms with Crippen LogP contribution in [0.25, 0.3) is 0 Å². The number of alkyl halides is 3. The van der Waals surface area contributed by atoms with E-state index in [0.29, 0.717) is 5.56 Å². The topological polar surface area (TPSA) is 112 Å². The number of aromatic nitrogens is 1. The van der Waals surface area contributed by atoms with Gasteiger partial charge in [-0.25, -0.2) is 4.79 Å². The lowest BCUT2D eigenvalue weighted by molar-refractivity contribution is -0.152. The van der Waals surface area contributed by atoms with Crippen LogP contribution in [-0.2, 0) is 30.0 Å². The highest BCUT2D eigenvalue weighted by Crippen LogP contribution is 2.52. The van der Waals surface area contributed by atoms with E-state index in [4.69, 9.17) is 15.2 Å². The molecule has 0 radical (unpaired) electrons. The summed E-state index contributed by atoms with van der Waals surface area (Å²) in [6.45, 7) is 3.24. The summed E-state index contributed by atoms with van der Waals surface area (Å²) in [5.41, 5.74) is 6.38. The molecule has 1 aliphatic heterocycles. The van der Waals surface area contributed by atoms with E-state index in [2.05, 4.69) is 4.98 Å². The molecule has 0 saturated heterocycles. The number of esters is 2. The Balaban J connectivity index is 1.82. The minimum absolute atomic E-state index is 0.00132. The highest BCUT2D eigenvalue weighted by molar-refractivity contribution is 7.10. The standard InChI is InChI=1S/C31H28F3N3O5S/c1-3-41-29(39)24-20(22-11-7-13-43-22)15-21-25(27(24)38)23(17-8-6-12-36-16-17)26(30(40)42-4-2)28(35)37(21)19-10-5-9-18(14-19)31(32,33)34/h5-14,16,20,23-24H,3-4,15,35H2,1-2H3/t20-,23+,24+/m0/s1. The summed E-state index contributed by atoms with van der Waals surface area (Å²) in [5, 5.41) is 1.81. The van der Waals surface area contributed by atoms with E-state index >= 15 is 0 Å². The molecule has 0 bridgehead atoms. The Labute approximate surface area is 249 Å². The molecular formula is C31H28F3N3O5S. The number of carbonyl (C=O) groups is 3. The Bertz CT molecular complexity index is 1600. The van der Waals surface area contributed by atoms with E-state index in [0.717, 1.165) is 17.0 Å². The molecular weight excluding hydrogens is 583 g/mol. The van der Waals surface area contributed by atoms with Crippen LogP contribution in [0.1, 0.15) is 48.1 Å². The summed E-state index contributed by atoms with van der Waals surface area (Å²) in [4.78, 5) is 47.7. The van der Waals surface area contributed by atoms with Crippen LogP contribution in [0.2, 0.25) is 0 Å². The maximum Gasteiger partial charge on any atom is 0.416 e. The molecule has 3 atom stereocenters. The van der Waals surface area contributed by atoms with Crippen LogP contribution in [0.3, 0.4) is 0 Å². The first-order valence-electron chi connectivity index (χ1n) is 13.6. The Hall–Kier alpha value is -4.45. The number of benzene rings is 1. The number of hydrogen-bond acceptors (Lipinski definition) is 9. The number of thiophene rings is 1. The Morgan fingerprint density at radius 2 is 1.86 bits per heavy atom. The summed E-state index contributed by atoms with van der Waals surface area (Å²) < 4.78 is 52.1. The molecule has 5 rings (SSSR count). The molecule has 12 heteroatoms. The Morgan fingerprint density at radius 1 is 1.09 bits per heavy atom. The average molecular weight is 612 g/mol. The number of rotatable bonds is 7. The first-order chi connectivity index (χ1) is 20.6.